The summed E-state index contributed by atoms with van der Waals surface area (Å²) in [7, 11) is -3.67. The van der Waals surface area contributed by atoms with Crippen molar-refractivity contribution < 1.29 is 13.2 Å². The molecule has 29 heavy (non-hydrogen) atoms. The number of hydrogen-bond acceptors (Lipinski definition) is 3. The highest BCUT2D eigenvalue weighted by molar-refractivity contribution is 7.92. The molecule has 0 aliphatic carbocycles. The maximum absolute atomic E-state index is 13.2. The van der Waals surface area contributed by atoms with Crippen LogP contribution in [0, 0.1) is 6.92 Å². The third-order valence-corrected chi connectivity index (χ3v) is 7.05. The topological polar surface area (TPSA) is 66.5 Å². The number of amides is 1. The smallest absolute Gasteiger partial charge is 0.264 e. The maximum Gasteiger partial charge on any atom is 0.264 e. The Hall–Kier alpha value is -3.12. The highest BCUT2D eigenvalue weighted by atomic mass is 32.2. The van der Waals surface area contributed by atoms with Crippen LogP contribution in [0.5, 0.6) is 0 Å². The van der Waals surface area contributed by atoms with Gasteiger partial charge in [-0.2, -0.15) is 0 Å². The van der Waals surface area contributed by atoms with Crippen molar-refractivity contribution in [2.45, 2.75) is 31.2 Å². The number of anilines is 2. The van der Waals surface area contributed by atoms with E-state index in [0.717, 1.165) is 16.8 Å². The van der Waals surface area contributed by atoms with E-state index in [9.17, 15) is 13.2 Å². The molecule has 0 unspecified atom stereocenters. The number of benzene rings is 3. The molecule has 6 heteroatoms. The largest absolute Gasteiger partial charge is 0.322 e. The molecular weight excluding hydrogens is 384 g/mol. The maximum atomic E-state index is 13.2. The molecule has 3 aromatic rings. The number of rotatable bonds is 4. The minimum absolute atomic E-state index is 0.216. The van der Waals surface area contributed by atoms with Gasteiger partial charge in [-0.3, -0.25) is 9.10 Å². The van der Waals surface area contributed by atoms with E-state index in [0.29, 0.717) is 17.7 Å². The number of carbonyl (C=O) groups is 1. The molecule has 1 amide bonds. The molecule has 4 rings (SSSR count). The zero-order valence-electron chi connectivity index (χ0n) is 16.3. The van der Waals surface area contributed by atoms with Crippen LogP contribution in [0.3, 0.4) is 0 Å². The van der Waals surface area contributed by atoms with E-state index in [2.05, 4.69) is 5.32 Å². The minimum Gasteiger partial charge on any atom is -0.322 e. The van der Waals surface area contributed by atoms with Gasteiger partial charge in [0.15, 0.2) is 0 Å². The van der Waals surface area contributed by atoms with Crippen molar-refractivity contribution in [1.29, 1.82) is 0 Å². The fourth-order valence-electron chi connectivity index (χ4n) is 3.66. The van der Waals surface area contributed by atoms with E-state index in [1.807, 2.05) is 44.2 Å². The Kier molecular flexibility index (Phi) is 4.88. The Morgan fingerprint density at radius 1 is 1.00 bits per heavy atom. The Balaban J connectivity index is 1.64. The van der Waals surface area contributed by atoms with Gasteiger partial charge in [0, 0.05) is 17.3 Å². The fraction of sp³-hybridized carbons (Fsp3) is 0.174. The van der Waals surface area contributed by atoms with E-state index >= 15 is 0 Å². The number of nitrogens with zero attached hydrogens (tertiary/aromatic N) is 1. The molecule has 0 aromatic heterocycles. The van der Waals surface area contributed by atoms with Gasteiger partial charge in [0.05, 0.1) is 10.6 Å². The van der Waals surface area contributed by atoms with Crippen LogP contribution in [-0.4, -0.2) is 20.4 Å². The molecular formula is C23H22N2O3S. The second-order valence-corrected chi connectivity index (χ2v) is 9.15. The molecule has 1 atom stereocenters. The monoisotopic (exact) mass is 406 g/mol. The molecule has 0 bridgehead atoms. The average molecular weight is 407 g/mol. The van der Waals surface area contributed by atoms with E-state index < -0.39 is 10.0 Å². The standard InChI is InChI=1S/C23H22N2O3S/c1-16-8-11-21(12-9-16)29(27,28)25-17(2)14-19-15-18(10-13-22(19)25)23(26)24-20-6-4-3-5-7-20/h3-13,15,17H,14H2,1-2H3,(H,24,26)/t17-/m0/s1. The predicted molar refractivity (Wildman–Crippen MR) is 115 cm³/mol. The first-order valence-corrected chi connectivity index (χ1v) is 10.9. The molecule has 1 N–H and O–H groups in total. The molecule has 5 nitrogen and oxygen atoms in total. The lowest BCUT2D eigenvalue weighted by atomic mass is 10.1. The summed E-state index contributed by atoms with van der Waals surface area (Å²) >= 11 is 0. The molecule has 1 aliphatic rings. The van der Waals surface area contributed by atoms with Gasteiger partial charge >= 0.3 is 0 Å². The third-order valence-electron chi connectivity index (χ3n) is 5.10. The molecule has 0 fully saturated rings. The zero-order chi connectivity index (χ0) is 20.6. The van der Waals surface area contributed by atoms with Crippen LogP contribution in [-0.2, 0) is 16.4 Å². The number of sulfonamides is 1. The summed E-state index contributed by atoms with van der Waals surface area (Å²) in [6, 6.07) is 21.1. The molecule has 0 saturated carbocycles. The Bertz CT molecular complexity index is 1160. The van der Waals surface area contributed by atoms with Crippen molar-refractivity contribution in [2.75, 3.05) is 9.62 Å². The first kappa shape index (κ1) is 19.2. The first-order chi connectivity index (χ1) is 13.9. The second kappa shape index (κ2) is 7.37. The molecule has 148 valence electrons. The van der Waals surface area contributed by atoms with Gasteiger partial charge in [-0.05, 0) is 68.3 Å². The van der Waals surface area contributed by atoms with Crippen molar-refractivity contribution in [2.24, 2.45) is 0 Å². The summed E-state index contributed by atoms with van der Waals surface area (Å²) in [5, 5.41) is 2.86. The van der Waals surface area contributed by atoms with Gasteiger partial charge in [0.2, 0.25) is 0 Å². The summed E-state index contributed by atoms with van der Waals surface area (Å²) in [4.78, 5) is 12.9. The minimum atomic E-state index is -3.67. The van der Waals surface area contributed by atoms with E-state index in [-0.39, 0.29) is 16.8 Å². The van der Waals surface area contributed by atoms with E-state index in [1.54, 1.807) is 42.5 Å². The van der Waals surface area contributed by atoms with Crippen LogP contribution in [0.2, 0.25) is 0 Å². The molecule has 0 saturated heterocycles. The number of aryl methyl sites for hydroxylation is 1. The Morgan fingerprint density at radius 2 is 1.69 bits per heavy atom. The summed E-state index contributed by atoms with van der Waals surface area (Å²) in [6.07, 6.45) is 0.562. The van der Waals surface area contributed by atoms with Crippen LogP contribution in [0.1, 0.15) is 28.4 Å². The number of hydrogen-bond donors (Lipinski definition) is 1. The third kappa shape index (κ3) is 3.63. The number of nitrogens with one attached hydrogen (secondary N) is 1. The highest BCUT2D eigenvalue weighted by Crippen LogP contribution is 2.37. The van der Waals surface area contributed by atoms with Crippen LogP contribution in [0.15, 0.2) is 77.7 Å². The molecule has 3 aromatic carbocycles. The number of carbonyl (C=O) groups excluding carboxylic acids is 1. The van der Waals surface area contributed by atoms with Gasteiger partial charge in [-0.25, -0.2) is 8.42 Å². The van der Waals surface area contributed by atoms with Gasteiger partial charge in [-0.15, -0.1) is 0 Å². The molecule has 0 spiro atoms. The van der Waals surface area contributed by atoms with Gasteiger partial charge in [0.1, 0.15) is 0 Å². The summed E-state index contributed by atoms with van der Waals surface area (Å²) < 4.78 is 27.9. The molecule has 0 radical (unpaired) electrons. The number of fused-ring (bicyclic) bond motifs is 1. The van der Waals surface area contributed by atoms with Crippen LogP contribution in [0.4, 0.5) is 11.4 Å². The fourth-order valence-corrected chi connectivity index (χ4v) is 5.35. The lowest BCUT2D eigenvalue weighted by Gasteiger charge is -2.24. The van der Waals surface area contributed by atoms with E-state index in [1.165, 1.54) is 4.31 Å². The predicted octanol–water partition coefficient (Wildman–Crippen LogP) is 4.39. The van der Waals surface area contributed by atoms with Crippen LogP contribution >= 0.6 is 0 Å². The second-order valence-electron chi connectivity index (χ2n) is 7.33. The van der Waals surface area contributed by atoms with Gasteiger partial charge < -0.3 is 5.32 Å². The summed E-state index contributed by atoms with van der Waals surface area (Å²) in [5.41, 5.74) is 3.72. The lowest BCUT2D eigenvalue weighted by molar-refractivity contribution is 0.102. The molecule has 1 heterocycles. The Labute approximate surface area is 171 Å². The van der Waals surface area contributed by atoms with Crippen LogP contribution in [0.25, 0.3) is 0 Å². The van der Waals surface area contributed by atoms with E-state index in [4.69, 9.17) is 0 Å². The summed E-state index contributed by atoms with van der Waals surface area (Å²) in [6.45, 7) is 3.81. The molecule has 1 aliphatic heterocycles. The quantitative estimate of drug-likeness (QED) is 0.699. The van der Waals surface area contributed by atoms with Crippen molar-refractivity contribution in [3.63, 3.8) is 0 Å². The summed E-state index contributed by atoms with van der Waals surface area (Å²) in [5.74, 6) is -0.216. The van der Waals surface area contributed by atoms with Gasteiger partial charge in [0.25, 0.3) is 15.9 Å². The van der Waals surface area contributed by atoms with Crippen molar-refractivity contribution in [1.82, 2.24) is 0 Å². The first-order valence-electron chi connectivity index (χ1n) is 9.47. The normalized spacial score (nSPS) is 15.8. The van der Waals surface area contributed by atoms with Gasteiger partial charge in [-0.1, -0.05) is 35.9 Å². The van der Waals surface area contributed by atoms with Crippen molar-refractivity contribution in [3.05, 3.63) is 89.5 Å². The lowest BCUT2D eigenvalue weighted by Crippen LogP contribution is -2.35. The Morgan fingerprint density at radius 3 is 2.38 bits per heavy atom. The van der Waals surface area contributed by atoms with Crippen molar-refractivity contribution >= 4 is 27.3 Å². The SMILES string of the molecule is Cc1ccc(S(=O)(=O)N2c3ccc(C(=O)Nc4ccccc4)cc3C[C@@H]2C)cc1. The zero-order valence-corrected chi connectivity index (χ0v) is 17.1. The van der Waals surface area contributed by atoms with Crippen molar-refractivity contribution in [3.8, 4) is 0 Å². The highest BCUT2D eigenvalue weighted by Gasteiger charge is 2.36. The van der Waals surface area contributed by atoms with Crippen LogP contribution < -0.4 is 9.62 Å². The average Bonchev–Trinajstić information content (AvgIpc) is 3.04. The number of para-hydroxylation sites is 1.